The summed E-state index contributed by atoms with van der Waals surface area (Å²) in [5.74, 6) is 0.0789. The Morgan fingerprint density at radius 2 is 1.65 bits per heavy atom. The van der Waals surface area contributed by atoms with Crippen LogP contribution in [0, 0.1) is 0 Å². The number of anilines is 1. The third kappa shape index (κ3) is 2.17. The van der Waals surface area contributed by atoms with Crippen LogP contribution in [0.2, 0.25) is 0 Å². The van der Waals surface area contributed by atoms with Crippen LogP contribution in [0.15, 0.2) is 60.7 Å². The number of phenols is 1. The molecular formula is C18H13NO3S. The molecule has 23 heavy (non-hydrogen) atoms. The van der Waals surface area contributed by atoms with Crippen molar-refractivity contribution in [3.05, 3.63) is 71.8 Å². The predicted molar refractivity (Wildman–Crippen MR) is 92.5 cm³/mol. The van der Waals surface area contributed by atoms with Crippen molar-refractivity contribution in [3.63, 3.8) is 0 Å². The van der Waals surface area contributed by atoms with Crippen molar-refractivity contribution < 1.29 is 13.5 Å². The quantitative estimate of drug-likeness (QED) is 0.716. The first kappa shape index (κ1) is 13.8. The van der Waals surface area contributed by atoms with Gasteiger partial charge in [-0.1, -0.05) is 54.6 Å². The maximum atomic E-state index is 12.3. The van der Waals surface area contributed by atoms with Gasteiger partial charge in [0, 0.05) is 16.5 Å². The van der Waals surface area contributed by atoms with Crippen molar-refractivity contribution in [1.82, 2.24) is 0 Å². The SMILES string of the molecule is O=S1(=O)Nc2ccccc2C1=Cc1ccc2ccccc2c1O. The summed E-state index contributed by atoms with van der Waals surface area (Å²) >= 11 is 0. The lowest BCUT2D eigenvalue weighted by Gasteiger charge is -2.06. The Kier molecular flexibility index (Phi) is 2.92. The van der Waals surface area contributed by atoms with E-state index in [1.165, 1.54) is 6.08 Å². The van der Waals surface area contributed by atoms with E-state index in [0.717, 1.165) is 5.39 Å². The molecule has 0 aromatic heterocycles. The average molecular weight is 323 g/mol. The van der Waals surface area contributed by atoms with Crippen LogP contribution in [0.4, 0.5) is 5.69 Å². The topological polar surface area (TPSA) is 66.4 Å². The van der Waals surface area contributed by atoms with Gasteiger partial charge in [0.05, 0.1) is 10.6 Å². The first-order chi connectivity index (χ1) is 11.1. The molecule has 3 aromatic rings. The minimum atomic E-state index is -3.61. The standard InChI is InChI=1S/C18H13NO3S/c20-18-13(10-9-12-5-1-2-6-14(12)18)11-17-15-7-3-4-8-16(15)19-23(17,21)22/h1-11,19-20H. The van der Waals surface area contributed by atoms with Gasteiger partial charge in [-0.3, -0.25) is 4.72 Å². The van der Waals surface area contributed by atoms with Gasteiger partial charge >= 0.3 is 0 Å². The highest BCUT2D eigenvalue weighted by atomic mass is 32.2. The third-order valence-corrected chi connectivity index (χ3v) is 5.35. The summed E-state index contributed by atoms with van der Waals surface area (Å²) in [4.78, 5) is 0.165. The fourth-order valence-corrected chi connectivity index (χ4v) is 4.14. The molecule has 5 heteroatoms. The van der Waals surface area contributed by atoms with Gasteiger partial charge in [-0.05, 0) is 17.5 Å². The Morgan fingerprint density at radius 3 is 2.52 bits per heavy atom. The van der Waals surface area contributed by atoms with Crippen LogP contribution >= 0.6 is 0 Å². The maximum absolute atomic E-state index is 12.3. The largest absolute Gasteiger partial charge is 0.507 e. The van der Waals surface area contributed by atoms with Crippen LogP contribution in [0.1, 0.15) is 11.1 Å². The number of para-hydroxylation sites is 1. The highest BCUT2D eigenvalue weighted by Gasteiger charge is 2.29. The molecule has 2 N–H and O–H groups in total. The summed E-state index contributed by atoms with van der Waals surface area (Å²) < 4.78 is 27.2. The number of sulfonamides is 1. The lowest BCUT2D eigenvalue weighted by Crippen LogP contribution is -2.05. The molecule has 0 spiro atoms. The Morgan fingerprint density at radius 1 is 0.913 bits per heavy atom. The molecular weight excluding hydrogens is 310 g/mol. The highest BCUT2D eigenvalue weighted by Crippen LogP contribution is 2.39. The van der Waals surface area contributed by atoms with Crippen molar-refractivity contribution in [2.75, 3.05) is 4.72 Å². The molecule has 114 valence electrons. The number of rotatable bonds is 1. The van der Waals surface area contributed by atoms with E-state index in [-0.39, 0.29) is 10.7 Å². The molecule has 0 amide bonds. The fraction of sp³-hybridized carbons (Fsp3) is 0. The molecule has 1 heterocycles. The van der Waals surface area contributed by atoms with Crippen LogP contribution in [-0.4, -0.2) is 13.5 Å². The molecule has 0 radical (unpaired) electrons. The molecule has 1 aliphatic heterocycles. The smallest absolute Gasteiger partial charge is 0.262 e. The maximum Gasteiger partial charge on any atom is 0.262 e. The van der Waals surface area contributed by atoms with Gasteiger partial charge in [0.25, 0.3) is 10.0 Å². The minimum Gasteiger partial charge on any atom is -0.507 e. The predicted octanol–water partition coefficient (Wildman–Crippen LogP) is 3.80. The van der Waals surface area contributed by atoms with Crippen molar-refractivity contribution in [1.29, 1.82) is 0 Å². The Labute approximate surface area is 133 Å². The summed E-state index contributed by atoms with van der Waals surface area (Å²) in [5.41, 5.74) is 1.64. The second-order valence-corrected chi connectivity index (χ2v) is 7.04. The number of hydrogen-bond acceptors (Lipinski definition) is 3. The van der Waals surface area contributed by atoms with Gasteiger partial charge < -0.3 is 5.11 Å². The van der Waals surface area contributed by atoms with Crippen LogP contribution in [0.25, 0.3) is 21.8 Å². The first-order valence-electron chi connectivity index (χ1n) is 7.11. The van der Waals surface area contributed by atoms with E-state index in [1.54, 1.807) is 30.3 Å². The number of phenolic OH excluding ortho intramolecular Hbond substituents is 1. The number of nitrogens with one attached hydrogen (secondary N) is 1. The van der Waals surface area contributed by atoms with Crippen molar-refractivity contribution in [2.45, 2.75) is 0 Å². The minimum absolute atomic E-state index is 0.0789. The second-order valence-electron chi connectivity index (χ2n) is 5.38. The van der Waals surface area contributed by atoms with Crippen molar-refractivity contribution in [3.8, 4) is 5.75 Å². The van der Waals surface area contributed by atoms with Crippen LogP contribution in [0.5, 0.6) is 5.75 Å². The second kappa shape index (κ2) is 4.86. The van der Waals surface area contributed by atoms with E-state index in [1.807, 2.05) is 30.3 Å². The van der Waals surface area contributed by atoms with E-state index in [9.17, 15) is 13.5 Å². The molecule has 0 saturated heterocycles. The summed E-state index contributed by atoms with van der Waals surface area (Å²) in [6.45, 7) is 0. The molecule has 0 aliphatic carbocycles. The molecule has 0 saturated carbocycles. The Bertz CT molecular complexity index is 1070. The molecule has 1 aliphatic rings. The van der Waals surface area contributed by atoms with Crippen molar-refractivity contribution in [2.24, 2.45) is 0 Å². The Hall–Kier alpha value is -2.79. The van der Waals surface area contributed by atoms with Gasteiger partial charge in [-0.25, -0.2) is 8.42 Å². The number of fused-ring (bicyclic) bond motifs is 2. The fourth-order valence-electron chi connectivity index (χ4n) is 2.82. The summed E-state index contributed by atoms with van der Waals surface area (Å²) in [7, 11) is -3.61. The summed E-state index contributed by atoms with van der Waals surface area (Å²) in [6, 6.07) is 18.0. The molecule has 3 aromatic carbocycles. The molecule has 0 fully saturated rings. The normalized spacial score (nSPS) is 17.1. The Balaban J connectivity index is 1.96. The zero-order valence-electron chi connectivity index (χ0n) is 12.0. The van der Waals surface area contributed by atoms with Crippen molar-refractivity contribution >= 4 is 37.5 Å². The van der Waals surface area contributed by atoms with Gasteiger partial charge in [0.2, 0.25) is 0 Å². The highest BCUT2D eigenvalue weighted by molar-refractivity contribution is 8.02. The van der Waals surface area contributed by atoms with Crippen LogP contribution < -0.4 is 4.72 Å². The van der Waals surface area contributed by atoms with Gasteiger partial charge in [0.1, 0.15) is 5.75 Å². The third-order valence-electron chi connectivity index (χ3n) is 3.94. The summed E-state index contributed by atoms with van der Waals surface area (Å²) in [6.07, 6.45) is 1.51. The van der Waals surface area contributed by atoms with Crippen LogP contribution in [0.3, 0.4) is 0 Å². The van der Waals surface area contributed by atoms with Gasteiger partial charge in [-0.2, -0.15) is 0 Å². The molecule has 4 nitrogen and oxygen atoms in total. The van der Waals surface area contributed by atoms with E-state index in [0.29, 0.717) is 22.2 Å². The lowest BCUT2D eigenvalue weighted by molar-refractivity contribution is 0.480. The van der Waals surface area contributed by atoms with Gasteiger partial charge in [0.15, 0.2) is 0 Å². The first-order valence-corrected chi connectivity index (χ1v) is 8.59. The molecule has 0 atom stereocenters. The zero-order valence-corrected chi connectivity index (χ0v) is 12.8. The van der Waals surface area contributed by atoms with Gasteiger partial charge in [-0.15, -0.1) is 0 Å². The lowest BCUT2D eigenvalue weighted by atomic mass is 10.0. The van der Waals surface area contributed by atoms with E-state index >= 15 is 0 Å². The molecule has 0 unspecified atom stereocenters. The van der Waals surface area contributed by atoms with E-state index in [2.05, 4.69) is 4.72 Å². The number of aromatic hydroxyl groups is 1. The molecule has 4 rings (SSSR count). The van der Waals surface area contributed by atoms with E-state index < -0.39 is 10.0 Å². The molecule has 0 bridgehead atoms. The summed E-state index contributed by atoms with van der Waals surface area (Å²) in [5, 5.41) is 12.1. The van der Waals surface area contributed by atoms with E-state index in [4.69, 9.17) is 0 Å². The number of hydrogen-bond donors (Lipinski definition) is 2. The zero-order chi connectivity index (χ0) is 16.0. The number of benzene rings is 3. The average Bonchev–Trinajstić information content (AvgIpc) is 2.80. The van der Waals surface area contributed by atoms with Crippen LogP contribution in [-0.2, 0) is 10.0 Å². The monoisotopic (exact) mass is 323 g/mol.